The Kier molecular flexibility index (Phi) is 7.53. The highest BCUT2D eigenvalue weighted by atomic mass is 32.2. The van der Waals surface area contributed by atoms with Gasteiger partial charge in [0.25, 0.3) is 15.9 Å². The summed E-state index contributed by atoms with van der Waals surface area (Å²) in [5.41, 5.74) is 0.952. The summed E-state index contributed by atoms with van der Waals surface area (Å²) in [6, 6.07) is 14.5. The molecule has 0 radical (unpaired) electrons. The second kappa shape index (κ2) is 10.2. The molecule has 0 bridgehead atoms. The maximum Gasteiger partial charge on any atom is 0.269 e. The minimum Gasteiger partial charge on any atom is -0.352 e. The second-order valence-corrected chi connectivity index (χ2v) is 10.1. The molecule has 0 saturated carbocycles. The first-order valence-electron chi connectivity index (χ1n) is 11.0. The molecule has 0 saturated heterocycles. The highest BCUT2D eigenvalue weighted by molar-refractivity contribution is 7.90. The van der Waals surface area contributed by atoms with Crippen LogP contribution in [0.1, 0.15) is 49.5 Å². The molecule has 9 heteroatoms. The topological polar surface area (TPSA) is 104 Å². The van der Waals surface area contributed by atoms with Crippen molar-refractivity contribution < 1.29 is 22.8 Å². The van der Waals surface area contributed by atoms with E-state index in [1.807, 2.05) is 51.1 Å². The van der Waals surface area contributed by atoms with Crippen LogP contribution in [0.2, 0.25) is 0 Å². The lowest BCUT2D eigenvalue weighted by Gasteiger charge is -2.31. The highest BCUT2D eigenvalue weighted by Crippen LogP contribution is 2.30. The molecule has 0 aromatic heterocycles. The normalized spacial score (nSPS) is 15.3. The Hall–Kier alpha value is -3.20. The molecule has 1 N–H and O–H groups in total. The first-order valence-corrected chi connectivity index (χ1v) is 12.4. The Morgan fingerprint density at radius 2 is 1.67 bits per heavy atom. The maximum absolute atomic E-state index is 13.3. The number of hydrogen-bond acceptors (Lipinski definition) is 5. The predicted octanol–water partition coefficient (Wildman–Crippen LogP) is 2.55. The summed E-state index contributed by atoms with van der Waals surface area (Å²) in [4.78, 5) is 40.2. The van der Waals surface area contributed by atoms with Gasteiger partial charge in [0, 0.05) is 25.6 Å². The third-order valence-corrected chi connectivity index (χ3v) is 7.29. The molecule has 33 heavy (non-hydrogen) atoms. The summed E-state index contributed by atoms with van der Waals surface area (Å²) < 4.78 is 26.3. The summed E-state index contributed by atoms with van der Waals surface area (Å²) in [7, 11) is -4.00. The zero-order valence-corrected chi connectivity index (χ0v) is 19.8. The van der Waals surface area contributed by atoms with Gasteiger partial charge in [-0.05, 0) is 38.0 Å². The molecule has 0 aliphatic carbocycles. The zero-order valence-electron chi connectivity index (χ0n) is 19.0. The number of sulfonamides is 1. The number of carbonyl (C=O) groups is 3. The molecule has 1 aliphatic heterocycles. The van der Waals surface area contributed by atoms with Crippen molar-refractivity contribution in [1.29, 1.82) is 0 Å². The van der Waals surface area contributed by atoms with Crippen molar-refractivity contribution in [3.05, 3.63) is 65.7 Å². The Morgan fingerprint density at radius 1 is 1.03 bits per heavy atom. The van der Waals surface area contributed by atoms with Gasteiger partial charge in [0.05, 0.1) is 5.56 Å². The lowest BCUT2D eigenvalue weighted by Crippen LogP contribution is -2.51. The fourth-order valence-corrected chi connectivity index (χ4v) is 5.44. The lowest BCUT2D eigenvalue weighted by molar-refractivity contribution is -0.141. The van der Waals surface area contributed by atoms with Crippen LogP contribution >= 0.6 is 0 Å². The van der Waals surface area contributed by atoms with E-state index in [1.54, 1.807) is 12.1 Å². The summed E-state index contributed by atoms with van der Waals surface area (Å²) in [5.74, 6) is -1.31. The van der Waals surface area contributed by atoms with Crippen LogP contribution in [-0.4, -0.2) is 54.0 Å². The van der Waals surface area contributed by atoms with Gasteiger partial charge in [0.1, 0.15) is 10.9 Å². The zero-order chi connectivity index (χ0) is 24.2. The SMILES string of the molecule is CC[C@H](C(=O)NC(C)C)N(Cc1ccccc1)C(=O)CCN1C(=O)c2ccccc2S1(=O)=O. The summed E-state index contributed by atoms with van der Waals surface area (Å²) >= 11 is 0. The van der Waals surface area contributed by atoms with Gasteiger partial charge in [-0.25, -0.2) is 12.7 Å². The van der Waals surface area contributed by atoms with Crippen LogP contribution in [0.15, 0.2) is 59.5 Å². The molecule has 3 rings (SSSR count). The number of rotatable bonds is 9. The number of amides is 3. The van der Waals surface area contributed by atoms with E-state index in [0.717, 1.165) is 9.87 Å². The van der Waals surface area contributed by atoms with E-state index in [-0.39, 0.29) is 41.9 Å². The Bertz CT molecular complexity index is 1130. The van der Waals surface area contributed by atoms with Crippen molar-refractivity contribution in [3.63, 3.8) is 0 Å². The Labute approximate surface area is 194 Å². The van der Waals surface area contributed by atoms with Crippen molar-refractivity contribution >= 4 is 27.7 Å². The number of carbonyl (C=O) groups excluding carboxylic acids is 3. The van der Waals surface area contributed by atoms with Gasteiger partial charge in [-0.3, -0.25) is 14.4 Å². The number of hydrogen-bond donors (Lipinski definition) is 1. The highest BCUT2D eigenvalue weighted by Gasteiger charge is 2.41. The lowest BCUT2D eigenvalue weighted by atomic mass is 10.1. The molecule has 8 nitrogen and oxygen atoms in total. The van der Waals surface area contributed by atoms with Crippen molar-refractivity contribution in [1.82, 2.24) is 14.5 Å². The molecule has 0 unspecified atom stereocenters. The average molecular weight is 472 g/mol. The largest absolute Gasteiger partial charge is 0.352 e. The maximum atomic E-state index is 13.3. The van der Waals surface area contributed by atoms with Crippen molar-refractivity contribution in [2.24, 2.45) is 0 Å². The number of fused-ring (bicyclic) bond motifs is 1. The number of nitrogens with one attached hydrogen (secondary N) is 1. The molecule has 3 amide bonds. The predicted molar refractivity (Wildman–Crippen MR) is 124 cm³/mol. The summed E-state index contributed by atoms with van der Waals surface area (Å²) in [6.45, 7) is 5.42. The fourth-order valence-electron chi connectivity index (χ4n) is 3.87. The van der Waals surface area contributed by atoms with Gasteiger partial charge in [-0.1, -0.05) is 49.4 Å². The van der Waals surface area contributed by atoms with Gasteiger partial charge in [-0.2, -0.15) is 0 Å². The van der Waals surface area contributed by atoms with Crippen molar-refractivity contribution in [3.8, 4) is 0 Å². The van der Waals surface area contributed by atoms with E-state index < -0.39 is 27.9 Å². The Balaban J connectivity index is 1.81. The quantitative estimate of drug-likeness (QED) is 0.605. The van der Waals surface area contributed by atoms with Crippen LogP contribution in [-0.2, 0) is 26.2 Å². The van der Waals surface area contributed by atoms with Crippen LogP contribution in [0.25, 0.3) is 0 Å². The van der Waals surface area contributed by atoms with E-state index in [9.17, 15) is 22.8 Å². The Morgan fingerprint density at radius 3 is 2.27 bits per heavy atom. The molecular weight excluding hydrogens is 442 g/mol. The number of benzene rings is 2. The third-order valence-electron chi connectivity index (χ3n) is 5.45. The molecule has 176 valence electrons. The molecule has 2 aromatic carbocycles. The molecule has 0 spiro atoms. The van der Waals surface area contributed by atoms with Gasteiger partial charge in [0.15, 0.2) is 0 Å². The number of nitrogens with zero attached hydrogens (tertiary/aromatic N) is 2. The van der Waals surface area contributed by atoms with Crippen LogP contribution < -0.4 is 5.32 Å². The van der Waals surface area contributed by atoms with Crippen LogP contribution in [0.3, 0.4) is 0 Å². The molecule has 0 fully saturated rings. The minimum absolute atomic E-state index is 0.0497. The molecule has 2 aromatic rings. The van der Waals surface area contributed by atoms with E-state index >= 15 is 0 Å². The van der Waals surface area contributed by atoms with Gasteiger partial charge in [0.2, 0.25) is 11.8 Å². The fraction of sp³-hybridized carbons (Fsp3) is 0.375. The monoisotopic (exact) mass is 471 g/mol. The average Bonchev–Trinajstić information content (AvgIpc) is 2.97. The van der Waals surface area contributed by atoms with Gasteiger partial charge >= 0.3 is 0 Å². The van der Waals surface area contributed by atoms with E-state index in [4.69, 9.17) is 0 Å². The summed E-state index contributed by atoms with van der Waals surface area (Å²) in [6.07, 6.45) is 0.167. The molecule has 1 atom stereocenters. The van der Waals surface area contributed by atoms with Crippen molar-refractivity contribution in [2.75, 3.05) is 6.54 Å². The summed E-state index contributed by atoms with van der Waals surface area (Å²) in [5, 5.41) is 2.85. The first kappa shape index (κ1) is 24.4. The van der Waals surface area contributed by atoms with Crippen LogP contribution in [0.4, 0.5) is 0 Å². The standard InChI is InChI=1S/C24H29N3O5S/c1-4-20(23(29)25-17(2)3)26(16-18-10-6-5-7-11-18)22(28)14-15-27-24(30)19-12-8-9-13-21(19)33(27,31)32/h5-13,17,20H,4,14-16H2,1-3H3,(H,25,29)/t20-/m1/s1. The van der Waals surface area contributed by atoms with E-state index in [0.29, 0.717) is 6.42 Å². The molecule has 1 aliphatic rings. The molecular formula is C24H29N3O5S. The second-order valence-electron chi connectivity index (χ2n) is 8.22. The van der Waals surface area contributed by atoms with Crippen LogP contribution in [0.5, 0.6) is 0 Å². The smallest absolute Gasteiger partial charge is 0.269 e. The van der Waals surface area contributed by atoms with Crippen LogP contribution in [0, 0.1) is 0 Å². The van der Waals surface area contributed by atoms with E-state index in [1.165, 1.54) is 17.0 Å². The molecule has 1 heterocycles. The van der Waals surface area contributed by atoms with Gasteiger partial charge in [-0.15, -0.1) is 0 Å². The van der Waals surface area contributed by atoms with Crippen molar-refractivity contribution in [2.45, 2.75) is 57.1 Å². The van der Waals surface area contributed by atoms with Gasteiger partial charge < -0.3 is 10.2 Å². The van der Waals surface area contributed by atoms with E-state index in [2.05, 4.69) is 5.32 Å². The third kappa shape index (κ3) is 5.24. The first-order chi connectivity index (χ1) is 15.7. The minimum atomic E-state index is -4.00.